The summed E-state index contributed by atoms with van der Waals surface area (Å²) in [4.78, 5) is 17.5. The third-order valence-corrected chi connectivity index (χ3v) is 3.29. The molecule has 1 aliphatic carbocycles. The van der Waals surface area contributed by atoms with E-state index >= 15 is 0 Å². The van der Waals surface area contributed by atoms with Crippen LogP contribution in [0.4, 0.5) is 0 Å². The van der Waals surface area contributed by atoms with E-state index in [9.17, 15) is 4.79 Å². The Balaban J connectivity index is 2.07. The van der Waals surface area contributed by atoms with Gasteiger partial charge in [0.2, 0.25) is 0 Å². The fraction of sp³-hybridized carbons (Fsp3) is 0.800. The van der Waals surface area contributed by atoms with Gasteiger partial charge in [-0.3, -0.25) is 9.69 Å². The number of carbonyl (C=O) groups excluding carboxylic acids is 1. The van der Waals surface area contributed by atoms with Gasteiger partial charge >= 0.3 is 0 Å². The molecule has 2 N–H and O–H groups in total. The zero-order chi connectivity index (χ0) is 10.1. The maximum Gasteiger partial charge on any atom is 0.254 e. The molecule has 0 aromatic rings. The van der Waals surface area contributed by atoms with Crippen LogP contribution in [-0.2, 0) is 4.79 Å². The summed E-state index contributed by atoms with van der Waals surface area (Å²) in [5, 5.41) is 0. The molecule has 2 aliphatic rings. The average Bonchev–Trinajstić information content (AvgIpc) is 2.47. The fourth-order valence-electron chi connectivity index (χ4n) is 2.35. The smallest absolute Gasteiger partial charge is 0.254 e. The van der Waals surface area contributed by atoms with Crippen LogP contribution in [-0.4, -0.2) is 29.9 Å². The van der Waals surface area contributed by atoms with Gasteiger partial charge in [-0.25, -0.2) is 4.99 Å². The average molecular weight is 195 g/mol. The quantitative estimate of drug-likeness (QED) is 0.670. The van der Waals surface area contributed by atoms with Crippen molar-refractivity contribution in [3.8, 4) is 0 Å². The number of hydrogen-bond donors (Lipinski definition) is 1. The number of likely N-dealkylation sites (N-methyl/N-ethyl adjacent to an activating group) is 1. The molecule has 1 fully saturated rings. The van der Waals surface area contributed by atoms with E-state index in [0.29, 0.717) is 11.9 Å². The molecule has 0 unspecified atom stereocenters. The van der Waals surface area contributed by atoms with Crippen molar-refractivity contribution in [2.45, 2.75) is 38.1 Å². The molecule has 0 aromatic carbocycles. The number of amides is 1. The number of nitrogens with two attached hydrogens (primary N) is 1. The molecule has 1 aliphatic heterocycles. The predicted octanol–water partition coefficient (Wildman–Crippen LogP) is 0.722. The van der Waals surface area contributed by atoms with Gasteiger partial charge in [0.05, 0.1) is 0 Å². The van der Waals surface area contributed by atoms with Crippen molar-refractivity contribution in [2.24, 2.45) is 16.6 Å². The molecule has 1 saturated carbocycles. The van der Waals surface area contributed by atoms with E-state index in [1.54, 1.807) is 7.05 Å². The summed E-state index contributed by atoms with van der Waals surface area (Å²) in [5.74, 6) is 0.889. The van der Waals surface area contributed by atoms with Crippen molar-refractivity contribution >= 4 is 11.9 Å². The molecule has 0 radical (unpaired) electrons. The van der Waals surface area contributed by atoms with Gasteiger partial charge in [-0.15, -0.1) is 0 Å². The minimum absolute atomic E-state index is 0.0781. The molecule has 0 bridgehead atoms. The summed E-state index contributed by atoms with van der Waals surface area (Å²) in [6.45, 7) is 0. The first kappa shape index (κ1) is 9.49. The number of nitrogens with zero attached hydrogens (tertiary/aromatic N) is 2. The Hall–Kier alpha value is -1.06. The lowest BCUT2D eigenvalue weighted by Crippen LogP contribution is -2.37. The van der Waals surface area contributed by atoms with Gasteiger partial charge in [-0.2, -0.15) is 0 Å². The maximum atomic E-state index is 11.7. The van der Waals surface area contributed by atoms with E-state index in [2.05, 4.69) is 4.99 Å². The highest BCUT2D eigenvalue weighted by molar-refractivity contribution is 6.04. The topological polar surface area (TPSA) is 58.7 Å². The van der Waals surface area contributed by atoms with Gasteiger partial charge in [0.15, 0.2) is 5.96 Å². The van der Waals surface area contributed by atoms with Crippen LogP contribution in [0, 0.1) is 5.92 Å². The molecule has 78 valence electrons. The van der Waals surface area contributed by atoms with Crippen LogP contribution in [0.15, 0.2) is 4.99 Å². The summed E-state index contributed by atoms with van der Waals surface area (Å²) in [6.07, 6.45) is 6.01. The minimum Gasteiger partial charge on any atom is -0.369 e. The van der Waals surface area contributed by atoms with Crippen molar-refractivity contribution in [1.29, 1.82) is 0 Å². The van der Waals surface area contributed by atoms with Gasteiger partial charge < -0.3 is 5.73 Å². The van der Waals surface area contributed by atoms with Gasteiger partial charge in [0, 0.05) is 7.05 Å². The summed E-state index contributed by atoms with van der Waals surface area (Å²) >= 11 is 0. The molecule has 0 spiro atoms. The van der Waals surface area contributed by atoms with Gasteiger partial charge in [-0.05, 0) is 18.8 Å². The van der Waals surface area contributed by atoms with Crippen LogP contribution in [0.1, 0.15) is 32.1 Å². The molecule has 1 atom stereocenters. The van der Waals surface area contributed by atoms with E-state index in [1.165, 1.54) is 24.2 Å². The van der Waals surface area contributed by atoms with Crippen LogP contribution in [0.25, 0.3) is 0 Å². The summed E-state index contributed by atoms with van der Waals surface area (Å²) in [7, 11) is 1.70. The summed E-state index contributed by atoms with van der Waals surface area (Å²) in [6, 6.07) is -0.180. The van der Waals surface area contributed by atoms with Gasteiger partial charge in [-0.1, -0.05) is 19.3 Å². The molecule has 4 nitrogen and oxygen atoms in total. The summed E-state index contributed by atoms with van der Waals surface area (Å²) in [5.41, 5.74) is 5.62. The SMILES string of the molecule is CN1C(=O)[C@@H](C2CCCCC2)N=C1N. The third kappa shape index (κ3) is 1.49. The molecule has 14 heavy (non-hydrogen) atoms. The van der Waals surface area contributed by atoms with Crippen LogP contribution < -0.4 is 5.73 Å². The van der Waals surface area contributed by atoms with Crippen LogP contribution in [0.5, 0.6) is 0 Å². The number of hydrogen-bond acceptors (Lipinski definition) is 3. The first-order valence-corrected chi connectivity index (χ1v) is 5.31. The Bertz CT molecular complexity index is 269. The molecule has 1 amide bonds. The molecule has 0 aromatic heterocycles. The molecular weight excluding hydrogens is 178 g/mol. The normalized spacial score (nSPS) is 29.5. The zero-order valence-corrected chi connectivity index (χ0v) is 8.57. The largest absolute Gasteiger partial charge is 0.369 e. The second kappa shape index (κ2) is 3.59. The molecule has 2 rings (SSSR count). The van der Waals surface area contributed by atoms with Crippen molar-refractivity contribution in [2.75, 3.05) is 7.05 Å². The number of rotatable bonds is 1. The second-order valence-corrected chi connectivity index (χ2v) is 4.23. The highest BCUT2D eigenvalue weighted by Gasteiger charge is 2.36. The van der Waals surface area contributed by atoms with Crippen molar-refractivity contribution in [3.05, 3.63) is 0 Å². The minimum atomic E-state index is -0.180. The lowest BCUT2D eigenvalue weighted by molar-refractivity contribution is -0.127. The first-order valence-electron chi connectivity index (χ1n) is 5.31. The number of carbonyl (C=O) groups is 1. The number of aliphatic imine (C=N–C) groups is 1. The highest BCUT2D eigenvalue weighted by Crippen LogP contribution is 2.30. The first-order chi connectivity index (χ1) is 6.70. The standard InChI is InChI=1S/C10H17N3O/c1-13-9(14)8(12-10(13)11)7-5-3-2-4-6-7/h7-8H,2-6H2,1H3,(H2,11,12)/t8-/m1/s1. The van der Waals surface area contributed by atoms with E-state index in [0.717, 1.165) is 12.8 Å². The van der Waals surface area contributed by atoms with Crippen LogP contribution in [0.3, 0.4) is 0 Å². The van der Waals surface area contributed by atoms with E-state index in [4.69, 9.17) is 5.73 Å². The van der Waals surface area contributed by atoms with E-state index in [1.807, 2.05) is 0 Å². The Morgan fingerprint density at radius 3 is 2.50 bits per heavy atom. The van der Waals surface area contributed by atoms with Crippen molar-refractivity contribution in [3.63, 3.8) is 0 Å². The van der Waals surface area contributed by atoms with Gasteiger partial charge in [0.1, 0.15) is 6.04 Å². The van der Waals surface area contributed by atoms with Gasteiger partial charge in [0.25, 0.3) is 5.91 Å². The molecular formula is C10H17N3O. The monoisotopic (exact) mass is 195 g/mol. The summed E-state index contributed by atoms with van der Waals surface area (Å²) < 4.78 is 0. The lowest BCUT2D eigenvalue weighted by Gasteiger charge is -2.24. The number of guanidine groups is 1. The molecule has 0 saturated heterocycles. The predicted molar refractivity (Wildman–Crippen MR) is 54.8 cm³/mol. The Labute approximate surface area is 84.2 Å². The van der Waals surface area contributed by atoms with Crippen molar-refractivity contribution < 1.29 is 4.79 Å². The Morgan fingerprint density at radius 1 is 1.36 bits per heavy atom. The molecule has 4 heteroatoms. The molecule has 1 heterocycles. The zero-order valence-electron chi connectivity index (χ0n) is 8.57. The van der Waals surface area contributed by atoms with Crippen LogP contribution in [0.2, 0.25) is 0 Å². The fourth-order valence-corrected chi connectivity index (χ4v) is 2.35. The van der Waals surface area contributed by atoms with E-state index < -0.39 is 0 Å². The Morgan fingerprint density at radius 2 is 2.00 bits per heavy atom. The third-order valence-electron chi connectivity index (χ3n) is 3.29. The Kier molecular flexibility index (Phi) is 2.44. The second-order valence-electron chi connectivity index (χ2n) is 4.23. The van der Waals surface area contributed by atoms with Crippen molar-refractivity contribution in [1.82, 2.24) is 4.90 Å². The lowest BCUT2D eigenvalue weighted by atomic mass is 9.84. The highest BCUT2D eigenvalue weighted by atomic mass is 16.2. The van der Waals surface area contributed by atoms with E-state index in [-0.39, 0.29) is 11.9 Å². The maximum absolute atomic E-state index is 11.7. The van der Waals surface area contributed by atoms with Crippen LogP contribution >= 0.6 is 0 Å².